The Bertz CT molecular complexity index is 1890. The molecule has 0 saturated heterocycles. The molecule has 0 spiro atoms. The van der Waals surface area contributed by atoms with Crippen LogP contribution in [0.2, 0.25) is 10.0 Å². The number of hydrogen-bond acceptors (Lipinski definition) is 7. The van der Waals surface area contributed by atoms with Gasteiger partial charge in [-0.1, -0.05) is 41.4 Å². The van der Waals surface area contributed by atoms with Gasteiger partial charge in [-0.25, -0.2) is 9.59 Å². The highest BCUT2D eigenvalue weighted by molar-refractivity contribution is 6.31. The summed E-state index contributed by atoms with van der Waals surface area (Å²) < 4.78 is 11.1. The molecule has 37 heavy (non-hydrogen) atoms. The van der Waals surface area contributed by atoms with Crippen LogP contribution in [0.4, 0.5) is 0 Å². The quantitative estimate of drug-likeness (QED) is 0.256. The van der Waals surface area contributed by atoms with Crippen LogP contribution < -0.4 is 11.3 Å². The predicted molar refractivity (Wildman–Crippen MR) is 141 cm³/mol. The molecule has 2 N–H and O–H groups in total. The number of fused-ring (bicyclic) bond motifs is 3. The first-order chi connectivity index (χ1) is 17.8. The third-order valence-corrected chi connectivity index (χ3v) is 6.79. The fourth-order valence-corrected chi connectivity index (χ4v) is 5.02. The van der Waals surface area contributed by atoms with Gasteiger partial charge in [-0.3, -0.25) is 4.98 Å². The van der Waals surface area contributed by atoms with Crippen LogP contribution in [0.15, 0.2) is 91.4 Å². The number of nitrogens with zero attached hydrogens (tertiary/aromatic N) is 1. The van der Waals surface area contributed by atoms with Crippen molar-refractivity contribution < 1.29 is 19.0 Å². The zero-order chi connectivity index (χ0) is 25.8. The maximum absolute atomic E-state index is 13.4. The summed E-state index contributed by atoms with van der Waals surface area (Å²) in [5.41, 5.74) is -1.13. The van der Waals surface area contributed by atoms with Crippen LogP contribution in [0.3, 0.4) is 0 Å². The Labute approximate surface area is 217 Å². The minimum absolute atomic E-state index is 0.107. The van der Waals surface area contributed by atoms with Crippen LogP contribution in [0.25, 0.3) is 32.8 Å². The lowest BCUT2D eigenvalue weighted by atomic mass is 9.83. The summed E-state index contributed by atoms with van der Waals surface area (Å²) in [6.07, 6.45) is 1.51. The van der Waals surface area contributed by atoms with E-state index in [0.717, 1.165) is 0 Å². The van der Waals surface area contributed by atoms with E-state index in [1.54, 1.807) is 30.3 Å². The lowest BCUT2D eigenvalue weighted by molar-refractivity contribution is 0.442. The van der Waals surface area contributed by atoms with Crippen molar-refractivity contribution in [2.45, 2.75) is 5.92 Å². The van der Waals surface area contributed by atoms with Crippen molar-refractivity contribution in [2.75, 3.05) is 0 Å². The van der Waals surface area contributed by atoms with Crippen molar-refractivity contribution in [2.24, 2.45) is 0 Å². The number of benzene rings is 3. The number of pyridine rings is 1. The molecule has 3 heterocycles. The summed E-state index contributed by atoms with van der Waals surface area (Å²) in [6, 6.07) is 17.6. The average molecular weight is 532 g/mol. The second-order valence-corrected chi connectivity index (χ2v) is 9.31. The van der Waals surface area contributed by atoms with Crippen molar-refractivity contribution in [3.05, 3.63) is 121 Å². The summed E-state index contributed by atoms with van der Waals surface area (Å²) in [4.78, 5) is 31.1. The lowest BCUT2D eigenvalue weighted by Crippen LogP contribution is -2.21. The molecular formula is C28H15Cl2NO6. The molecule has 9 heteroatoms. The molecule has 182 valence electrons. The molecule has 0 aliphatic rings. The summed E-state index contributed by atoms with van der Waals surface area (Å²) in [7, 11) is 0. The third-order valence-electron chi connectivity index (χ3n) is 6.32. The minimum atomic E-state index is -1.30. The van der Waals surface area contributed by atoms with Crippen molar-refractivity contribution in [1.82, 2.24) is 4.98 Å². The van der Waals surface area contributed by atoms with Crippen LogP contribution in [0.1, 0.15) is 22.6 Å². The van der Waals surface area contributed by atoms with E-state index in [1.165, 1.54) is 42.6 Å². The highest BCUT2D eigenvalue weighted by Gasteiger charge is 2.33. The van der Waals surface area contributed by atoms with Gasteiger partial charge in [0.25, 0.3) is 0 Å². The van der Waals surface area contributed by atoms with Gasteiger partial charge in [-0.15, -0.1) is 0 Å². The first-order valence-electron chi connectivity index (χ1n) is 11.1. The van der Waals surface area contributed by atoms with E-state index in [1.807, 2.05) is 0 Å². The van der Waals surface area contributed by atoms with Gasteiger partial charge in [0.1, 0.15) is 22.7 Å². The summed E-state index contributed by atoms with van der Waals surface area (Å²) >= 11 is 12.3. The summed E-state index contributed by atoms with van der Waals surface area (Å²) in [5, 5.41) is 24.3. The molecule has 0 fully saturated rings. The van der Waals surface area contributed by atoms with Crippen molar-refractivity contribution in [1.29, 1.82) is 0 Å². The van der Waals surface area contributed by atoms with Crippen LogP contribution in [-0.4, -0.2) is 15.2 Å². The van der Waals surface area contributed by atoms with Gasteiger partial charge < -0.3 is 19.0 Å². The van der Waals surface area contributed by atoms with E-state index in [0.29, 0.717) is 26.5 Å². The van der Waals surface area contributed by atoms with E-state index in [4.69, 9.17) is 32.0 Å². The monoisotopic (exact) mass is 531 g/mol. The second-order valence-electron chi connectivity index (χ2n) is 8.43. The normalized spacial score (nSPS) is 11.6. The SMILES string of the molecule is O=c1oc2ccc(Cl)cc2c(O)c1C(c1c(O)c2cc(Cl)ccc2oc1=O)c1ccnc2ccccc12. The first-order valence-corrected chi connectivity index (χ1v) is 11.8. The molecule has 6 aromatic rings. The molecule has 0 aliphatic heterocycles. The Morgan fingerprint density at radius 1 is 0.703 bits per heavy atom. The van der Waals surface area contributed by atoms with E-state index in [9.17, 15) is 19.8 Å². The fraction of sp³-hybridized carbons (Fsp3) is 0.0357. The Morgan fingerprint density at radius 3 is 1.81 bits per heavy atom. The van der Waals surface area contributed by atoms with Crippen LogP contribution in [0, 0.1) is 0 Å². The summed E-state index contributed by atoms with van der Waals surface area (Å²) in [6.45, 7) is 0. The van der Waals surface area contributed by atoms with Crippen molar-refractivity contribution >= 4 is 56.0 Å². The zero-order valence-electron chi connectivity index (χ0n) is 18.7. The largest absolute Gasteiger partial charge is 0.507 e. The molecule has 0 amide bonds. The van der Waals surface area contributed by atoms with Gasteiger partial charge in [0.05, 0.1) is 33.3 Å². The highest BCUT2D eigenvalue weighted by atomic mass is 35.5. The van der Waals surface area contributed by atoms with Crippen molar-refractivity contribution in [3.63, 3.8) is 0 Å². The van der Waals surface area contributed by atoms with Gasteiger partial charge in [-0.2, -0.15) is 0 Å². The molecule has 0 saturated carbocycles. The number of aromatic nitrogens is 1. The second kappa shape index (κ2) is 8.65. The van der Waals surface area contributed by atoms with E-state index in [-0.39, 0.29) is 33.1 Å². The van der Waals surface area contributed by atoms with Gasteiger partial charge >= 0.3 is 11.3 Å². The molecule has 0 atom stereocenters. The first kappa shape index (κ1) is 23.1. The van der Waals surface area contributed by atoms with Gasteiger partial charge in [0.15, 0.2) is 0 Å². The molecule has 3 aromatic carbocycles. The lowest BCUT2D eigenvalue weighted by Gasteiger charge is -2.21. The molecule has 7 nitrogen and oxygen atoms in total. The molecular weight excluding hydrogens is 517 g/mol. The fourth-order valence-electron chi connectivity index (χ4n) is 4.68. The number of hydrogen-bond donors (Lipinski definition) is 2. The maximum atomic E-state index is 13.4. The number of para-hydroxylation sites is 1. The molecule has 3 aromatic heterocycles. The number of rotatable bonds is 3. The minimum Gasteiger partial charge on any atom is -0.507 e. The molecule has 0 unspecified atom stereocenters. The molecule has 0 bridgehead atoms. The standard InChI is InChI=1S/C28H15Cl2NO6/c29-13-5-7-20-17(11-13)25(32)23(27(34)36-20)22(16-9-10-31-19-4-2-1-3-15(16)19)24-26(33)18-12-14(30)6-8-21(18)37-28(24)35/h1-12,22,32-33H. The third kappa shape index (κ3) is 3.71. The van der Waals surface area contributed by atoms with E-state index in [2.05, 4.69) is 4.98 Å². The molecule has 0 aliphatic carbocycles. The predicted octanol–water partition coefficient (Wildman–Crippen LogP) is 6.35. The summed E-state index contributed by atoms with van der Waals surface area (Å²) in [5.74, 6) is -2.18. The highest BCUT2D eigenvalue weighted by Crippen LogP contribution is 2.44. The number of halogens is 2. The Kier molecular flexibility index (Phi) is 5.40. The van der Waals surface area contributed by atoms with Crippen LogP contribution in [-0.2, 0) is 0 Å². The van der Waals surface area contributed by atoms with Crippen LogP contribution >= 0.6 is 23.2 Å². The van der Waals surface area contributed by atoms with Gasteiger partial charge in [0, 0.05) is 21.6 Å². The Morgan fingerprint density at radius 2 is 1.24 bits per heavy atom. The average Bonchev–Trinajstić information content (AvgIpc) is 2.88. The molecule has 6 rings (SSSR count). The van der Waals surface area contributed by atoms with Crippen LogP contribution in [0.5, 0.6) is 11.5 Å². The Balaban J connectivity index is 1.79. The zero-order valence-corrected chi connectivity index (χ0v) is 20.2. The molecule has 0 radical (unpaired) electrons. The van der Waals surface area contributed by atoms with Gasteiger partial charge in [0.2, 0.25) is 0 Å². The topological polar surface area (TPSA) is 114 Å². The number of aromatic hydroxyl groups is 2. The smallest absolute Gasteiger partial charge is 0.344 e. The van der Waals surface area contributed by atoms with E-state index < -0.39 is 28.7 Å². The van der Waals surface area contributed by atoms with E-state index >= 15 is 0 Å². The van der Waals surface area contributed by atoms with Gasteiger partial charge in [-0.05, 0) is 54.1 Å². The maximum Gasteiger partial charge on any atom is 0.344 e. The van der Waals surface area contributed by atoms with Crippen molar-refractivity contribution in [3.8, 4) is 11.5 Å². The Hall–Kier alpha value is -4.33.